The molecule has 176 valence electrons. The Kier molecular flexibility index (Phi) is 7.80. The maximum absolute atomic E-state index is 12.6. The Morgan fingerprint density at radius 3 is 2.53 bits per heavy atom. The average Bonchev–Trinajstić information content (AvgIpc) is 3.25. The number of nitrogens with zero attached hydrogens (tertiary/aromatic N) is 2. The summed E-state index contributed by atoms with van der Waals surface area (Å²) in [6.45, 7) is 5.23. The van der Waals surface area contributed by atoms with Gasteiger partial charge in [-0.15, -0.1) is 0 Å². The second-order valence-electron chi connectivity index (χ2n) is 7.82. The van der Waals surface area contributed by atoms with Gasteiger partial charge in [0.1, 0.15) is 17.6 Å². The molecule has 0 radical (unpaired) electrons. The van der Waals surface area contributed by atoms with Crippen molar-refractivity contribution < 1.29 is 18.9 Å². The molecule has 9 nitrogen and oxygen atoms in total. The van der Waals surface area contributed by atoms with Crippen molar-refractivity contribution in [2.24, 2.45) is 11.0 Å². The molecule has 0 spiro atoms. The van der Waals surface area contributed by atoms with Gasteiger partial charge in [0, 0.05) is 17.2 Å². The summed E-state index contributed by atoms with van der Waals surface area (Å²) in [5.74, 6) is -0.420. The lowest BCUT2D eigenvalue weighted by Gasteiger charge is -2.20. The van der Waals surface area contributed by atoms with Crippen LogP contribution in [-0.2, 0) is 4.79 Å². The van der Waals surface area contributed by atoms with Crippen LogP contribution in [0.25, 0.3) is 11.3 Å². The van der Waals surface area contributed by atoms with Gasteiger partial charge in [0.2, 0.25) is 0 Å². The molecule has 1 atom stereocenters. The third kappa shape index (κ3) is 5.68. The predicted octanol–water partition coefficient (Wildman–Crippen LogP) is 4.72. The normalized spacial score (nSPS) is 12.0. The highest BCUT2D eigenvalue weighted by atomic mass is 35.5. The Hall–Kier alpha value is -3.98. The molecule has 0 saturated carbocycles. The van der Waals surface area contributed by atoms with Gasteiger partial charge < -0.3 is 9.73 Å². The van der Waals surface area contributed by atoms with Crippen molar-refractivity contribution >= 4 is 35.3 Å². The molecule has 2 N–H and O–H groups in total. The number of hydrogen-bond acceptors (Lipinski definition) is 6. The first-order valence-electron chi connectivity index (χ1n) is 10.4. The smallest absolute Gasteiger partial charge is 0.273 e. The fourth-order valence-corrected chi connectivity index (χ4v) is 3.51. The maximum atomic E-state index is 12.6. The number of halogens is 1. The van der Waals surface area contributed by atoms with Crippen molar-refractivity contribution in [1.82, 2.24) is 10.7 Å². The Balaban J connectivity index is 1.68. The standard InChI is InChI=1S/C24H23ClN4O5/c1-14(2)22(27-23(30)18-7-4-5-9-19(18)25)24(31)28-26-13-16-11-12-21(34-16)17-8-6-10-20(15(17)3)29(32)33/h4-14,22H,1-3H3,(H,27,30)(H,28,31)/b26-13-/t22-/m0/s1. The van der Waals surface area contributed by atoms with Crippen LogP contribution in [0.5, 0.6) is 0 Å². The Morgan fingerprint density at radius 2 is 1.85 bits per heavy atom. The molecule has 0 saturated heterocycles. The molecule has 0 unspecified atom stereocenters. The Bertz CT molecular complexity index is 1250. The van der Waals surface area contributed by atoms with Crippen LogP contribution in [0.4, 0.5) is 5.69 Å². The van der Waals surface area contributed by atoms with Gasteiger partial charge in [-0.25, -0.2) is 5.43 Å². The number of benzene rings is 2. The van der Waals surface area contributed by atoms with E-state index in [1.807, 2.05) is 0 Å². The first-order chi connectivity index (χ1) is 16.2. The molecule has 1 heterocycles. The Morgan fingerprint density at radius 1 is 1.12 bits per heavy atom. The molecule has 0 aliphatic heterocycles. The number of furan rings is 1. The quantitative estimate of drug-likeness (QED) is 0.273. The summed E-state index contributed by atoms with van der Waals surface area (Å²) < 4.78 is 5.70. The monoisotopic (exact) mass is 482 g/mol. The first-order valence-corrected chi connectivity index (χ1v) is 10.8. The van der Waals surface area contributed by atoms with E-state index in [9.17, 15) is 19.7 Å². The minimum atomic E-state index is -0.847. The summed E-state index contributed by atoms with van der Waals surface area (Å²) in [7, 11) is 0. The highest BCUT2D eigenvalue weighted by Gasteiger charge is 2.25. The second kappa shape index (κ2) is 10.8. The maximum Gasteiger partial charge on any atom is 0.273 e. The van der Waals surface area contributed by atoms with Gasteiger partial charge in [-0.3, -0.25) is 19.7 Å². The van der Waals surface area contributed by atoms with Gasteiger partial charge in [0.25, 0.3) is 17.5 Å². The largest absolute Gasteiger partial charge is 0.455 e. The fourth-order valence-electron chi connectivity index (χ4n) is 3.28. The van der Waals surface area contributed by atoms with Crippen LogP contribution >= 0.6 is 11.6 Å². The number of nitro groups is 1. The molecule has 34 heavy (non-hydrogen) atoms. The van der Waals surface area contributed by atoms with Crippen molar-refractivity contribution in [2.45, 2.75) is 26.8 Å². The van der Waals surface area contributed by atoms with Gasteiger partial charge in [-0.2, -0.15) is 5.10 Å². The molecule has 3 aromatic rings. The lowest BCUT2D eigenvalue weighted by molar-refractivity contribution is -0.385. The van der Waals surface area contributed by atoms with E-state index in [1.54, 1.807) is 69.3 Å². The summed E-state index contributed by atoms with van der Waals surface area (Å²) >= 11 is 6.06. The minimum absolute atomic E-state index is 0.00468. The number of carbonyl (C=O) groups excluding carboxylic acids is 2. The van der Waals surface area contributed by atoms with E-state index >= 15 is 0 Å². The van der Waals surface area contributed by atoms with Crippen LogP contribution in [0.15, 0.2) is 64.1 Å². The number of hydrogen-bond donors (Lipinski definition) is 2. The third-order valence-electron chi connectivity index (χ3n) is 5.11. The van der Waals surface area contributed by atoms with Crippen LogP contribution in [0.2, 0.25) is 5.02 Å². The zero-order valence-corrected chi connectivity index (χ0v) is 19.5. The van der Waals surface area contributed by atoms with Gasteiger partial charge >= 0.3 is 0 Å². The van der Waals surface area contributed by atoms with Crippen molar-refractivity contribution in [3.05, 3.63) is 86.6 Å². The van der Waals surface area contributed by atoms with E-state index in [2.05, 4.69) is 15.8 Å². The second-order valence-corrected chi connectivity index (χ2v) is 8.23. The lowest BCUT2D eigenvalue weighted by Crippen LogP contribution is -2.48. The zero-order chi connectivity index (χ0) is 24.8. The summed E-state index contributed by atoms with van der Waals surface area (Å²) in [5, 5.41) is 18.0. The molecule has 0 fully saturated rings. The predicted molar refractivity (Wildman–Crippen MR) is 129 cm³/mol. The highest BCUT2D eigenvalue weighted by Crippen LogP contribution is 2.30. The summed E-state index contributed by atoms with van der Waals surface area (Å²) in [5.41, 5.74) is 3.73. The molecule has 0 aliphatic carbocycles. The van der Waals surface area contributed by atoms with E-state index in [0.29, 0.717) is 22.6 Å². The van der Waals surface area contributed by atoms with Gasteiger partial charge in [-0.05, 0) is 37.1 Å². The lowest BCUT2D eigenvalue weighted by atomic mass is 10.0. The molecule has 3 rings (SSSR count). The molecule has 0 bridgehead atoms. The Labute approximate surface area is 201 Å². The van der Waals surface area contributed by atoms with Crippen molar-refractivity contribution in [2.75, 3.05) is 0 Å². The van der Waals surface area contributed by atoms with Crippen molar-refractivity contribution in [3.8, 4) is 11.3 Å². The number of nitrogens with one attached hydrogen (secondary N) is 2. The van der Waals surface area contributed by atoms with Gasteiger partial charge in [0.05, 0.1) is 21.7 Å². The first kappa shape index (κ1) is 24.7. The van der Waals surface area contributed by atoms with Gasteiger partial charge in [0.15, 0.2) is 0 Å². The number of nitro benzene ring substituents is 1. The molecule has 2 amide bonds. The van der Waals surface area contributed by atoms with Crippen LogP contribution < -0.4 is 10.7 Å². The number of amides is 2. The number of rotatable bonds is 8. The molecule has 0 aliphatic rings. The van der Waals surface area contributed by atoms with Crippen LogP contribution in [0, 0.1) is 23.0 Å². The van der Waals surface area contributed by atoms with Crippen LogP contribution in [0.1, 0.15) is 35.5 Å². The molecular formula is C24H23ClN4O5. The third-order valence-corrected chi connectivity index (χ3v) is 5.44. The van der Waals surface area contributed by atoms with Crippen LogP contribution in [0.3, 0.4) is 0 Å². The van der Waals surface area contributed by atoms with E-state index in [0.717, 1.165) is 0 Å². The van der Waals surface area contributed by atoms with E-state index in [4.69, 9.17) is 16.0 Å². The van der Waals surface area contributed by atoms with Gasteiger partial charge in [-0.1, -0.05) is 49.7 Å². The fraction of sp³-hybridized carbons (Fsp3) is 0.208. The summed E-state index contributed by atoms with van der Waals surface area (Å²) in [6.07, 6.45) is 1.31. The van der Waals surface area contributed by atoms with Crippen molar-refractivity contribution in [3.63, 3.8) is 0 Å². The molecule has 1 aromatic heterocycles. The molecule has 2 aromatic carbocycles. The van der Waals surface area contributed by atoms with E-state index in [1.165, 1.54) is 12.3 Å². The minimum Gasteiger partial charge on any atom is -0.455 e. The average molecular weight is 483 g/mol. The highest BCUT2D eigenvalue weighted by molar-refractivity contribution is 6.33. The topological polar surface area (TPSA) is 127 Å². The summed E-state index contributed by atoms with van der Waals surface area (Å²) in [4.78, 5) is 35.9. The number of hydrazone groups is 1. The summed E-state index contributed by atoms with van der Waals surface area (Å²) in [6, 6.07) is 13.7. The van der Waals surface area contributed by atoms with E-state index < -0.39 is 22.8 Å². The van der Waals surface area contributed by atoms with Crippen LogP contribution in [-0.4, -0.2) is 29.0 Å². The number of carbonyl (C=O) groups is 2. The van der Waals surface area contributed by atoms with Crippen molar-refractivity contribution in [1.29, 1.82) is 0 Å². The zero-order valence-electron chi connectivity index (χ0n) is 18.7. The molecular weight excluding hydrogens is 460 g/mol. The van der Waals surface area contributed by atoms with E-state index in [-0.39, 0.29) is 22.2 Å². The SMILES string of the molecule is Cc1c(-c2ccc(/C=N\NC(=O)[C@@H](NC(=O)c3ccccc3Cl)C(C)C)o2)cccc1[N+](=O)[O-]. The molecule has 10 heteroatoms.